The van der Waals surface area contributed by atoms with Crippen molar-refractivity contribution in [1.82, 2.24) is 24.6 Å². The maximum absolute atomic E-state index is 13.2. The summed E-state index contributed by atoms with van der Waals surface area (Å²) in [4.78, 5) is 35.3. The van der Waals surface area contributed by atoms with Crippen LogP contribution in [0.1, 0.15) is 29.9 Å². The minimum Gasteiger partial charge on any atom is -0.486 e. The molecule has 1 saturated heterocycles. The Hall–Kier alpha value is -4.37. The second-order valence-electron chi connectivity index (χ2n) is 9.06. The summed E-state index contributed by atoms with van der Waals surface area (Å²) in [6.07, 6.45) is -1.02. The lowest BCUT2D eigenvalue weighted by molar-refractivity contribution is -0.133. The first-order valence-corrected chi connectivity index (χ1v) is 12.1. The normalized spacial score (nSPS) is 15.4. The van der Waals surface area contributed by atoms with Gasteiger partial charge in [-0.25, -0.2) is 18.4 Å². The van der Waals surface area contributed by atoms with Crippen LogP contribution in [0.15, 0.2) is 41.2 Å². The highest BCUT2D eigenvalue weighted by Gasteiger charge is 2.28. The Morgan fingerprint density at radius 1 is 1.29 bits per heavy atom. The van der Waals surface area contributed by atoms with Crippen molar-refractivity contribution in [1.29, 1.82) is 5.26 Å². The first-order valence-electron chi connectivity index (χ1n) is 12.1. The third-order valence-electron chi connectivity index (χ3n) is 6.59. The third-order valence-corrected chi connectivity index (χ3v) is 6.59. The standard InChI is InChI=1S/C26H24F2N6O4/c27-23(28)14-38-22-9-21-20(8-15(22)11-29)30-24(31-21)10-19-17-5-1-2-6-18(17)26(37)34(32-19)12-25(36)33-7-3-4-16(33)13-35/h1-2,5-6,8-9,16,23,35H,3-4,7,10,12-14H2,(H,30,31)/t16-/m0/s1. The van der Waals surface area contributed by atoms with Crippen molar-refractivity contribution < 1.29 is 23.4 Å². The fourth-order valence-electron chi connectivity index (χ4n) is 4.81. The number of nitriles is 1. The van der Waals surface area contributed by atoms with Gasteiger partial charge in [-0.1, -0.05) is 18.2 Å². The number of aromatic nitrogens is 4. The molecule has 2 N–H and O–H groups in total. The predicted molar refractivity (Wildman–Crippen MR) is 133 cm³/mol. The molecule has 1 atom stereocenters. The molecule has 1 aliphatic heterocycles. The van der Waals surface area contributed by atoms with Crippen LogP contribution in [0.4, 0.5) is 8.78 Å². The largest absolute Gasteiger partial charge is 0.486 e. The maximum Gasteiger partial charge on any atom is 0.275 e. The summed E-state index contributed by atoms with van der Waals surface area (Å²) in [5, 5.41) is 24.5. The van der Waals surface area contributed by atoms with Crippen LogP contribution < -0.4 is 10.3 Å². The minimum atomic E-state index is -2.69. The van der Waals surface area contributed by atoms with Gasteiger partial charge in [-0.05, 0) is 25.0 Å². The van der Waals surface area contributed by atoms with E-state index < -0.39 is 18.6 Å². The van der Waals surface area contributed by atoms with Gasteiger partial charge in [-0.15, -0.1) is 0 Å². The summed E-state index contributed by atoms with van der Waals surface area (Å²) in [6, 6.07) is 11.5. The van der Waals surface area contributed by atoms with Crippen molar-refractivity contribution in [2.45, 2.75) is 38.3 Å². The van der Waals surface area contributed by atoms with E-state index in [-0.39, 0.29) is 42.8 Å². The summed E-state index contributed by atoms with van der Waals surface area (Å²) >= 11 is 0. The van der Waals surface area contributed by atoms with Crippen LogP contribution in [-0.2, 0) is 17.8 Å². The van der Waals surface area contributed by atoms with Crippen LogP contribution in [0.5, 0.6) is 5.75 Å². The molecule has 12 heteroatoms. The van der Waals surface area contributed by atoms with E-state index in [9.17, 15) is 28.7 Å². The molecular weight excluding hydrogens is 498 g/mol. The molecule has 3 heterocycles. The Balaban J connectivity index is 1.49. The number of amides is 1. The number of carbonyl (C=O) groups is 1. The molecule has 38 heavy (non-hydrogen) atoms. The number of aromatic amines is 1. The van der Waals surface area contributed by atoms with Gasteiger partial charge in [-0.2, -0.15) is 10.4 Å². The van der Waals surface area contributed by atoms with Gasteiger partial charge in [0.1, 0.15) is 30.8 Å². The number of nitrogens with zero attached hydrogens (tertiary/aromatic N) is 5. The van der Waals surface area contributed by atoms with Gasteiger partial charge >= 0.3 is 0 Å². The molecule has 0 bridgehead atoms. The Bertz CT molecular complexity index is 1610. The minimum absolute atomic E-state index is 0.0112. The Morgan fingerprint density at radius 3 is 2.82 bits per heavy atom. The molecule has 1 aliphatic rings. The molecule has 0 spiro atoms. The second-order valence-corrected chi connectivity index (χ2v) is 9.06. The Kier molecular flexibility index (Phi) is 7.02. The smallest absolute Gasteiger partial charge is 0.275 e. The van der Waals surface area contributed by atoms with Crippen molar-refractivity contribution in [3.8, 4) is 11.8 Å². The van der Waals surface area contributed by atoms with Crippen LogP contribution >= 0.6 is 0 Å². The molecule has 1 fully saturated rings. The number of fused-ring (bicyclic) bond motifs is 2. The summed E-state index contributed by atoms with van der Waals surface area (Å²) < 4.78 is 31.4. The van der Waals surface area contributed by atoms with Crippen molar-refractivity contribution in [2.24, 2.45) is 0 Å². The quantitative estimate of drug-likeness (QED) is 0.362. The van der Waals surface area contributed by atoms with Gasteiger partial charge in [0.2, 0.25) is 5.91 Å². The fraction of sp³-hybridized carbons (Fsp3) is 0.346. The Labute approximate surface area is 215 Å². The molecule has 2 aromatic carbocycles. The maximum atomic E-state index is 13.2. The molecular formula is C26H24F2N6O4. The van der Waals surface area contributed by atoms with Gasteiger partial charge in [0.05, 0.1) is 46.7 Å². The van der Waals surface area contributed by atoms with Gasteiger partial charge in [0.15, 0.2) is 0 Å². The highest BCUT2D eigenvalue weighted by atomic mass is 19.3. The number of carbonyl (C=O) groups excluding carboxylic acids is 1. The monoisotopic (exact) mass is 522 g/mol. The number of nitrogens with one attached hydrogen (secondary N) is 1. The van der Waals surface area contributed by atoms with Crippen LogP contribution in [-0.4, -0.2) is 67.9 Å². The van der Waals surface area contributed by atoms with Crippen molar-refractivity contribution >= 4 is 27.7 Å². The summed E-state index contributed by atoms with van der Waals surface area (Å²) in [7, 11) is 0. The molecule has 0 aliphatic carbocycles. The molecule has 4 aromatic rings. The predicted octanol–water partition coefficient (Wildman–Crippen LogP) is 2.36. The van der Waals surface area contributed by atoms with Crippen molar-refractivity contribution in [3.05, 3.63) is 63.8 Å². The molecule has 5 rings (SSSR count). The van der Waals surface area contributed by atoms with Gasteiger partial charge in [0.25, 0.3) is 12.0 Å². The summed E-state index contributed by atoms with van der Waals surface area (Å²) in [5.74, 6) is 0.183. The fourth-order valence-corrected chi connectivity index (χ4v) is 4.81. The van der Waals surface area contributed by atoms with E-state index in [4.69, 9.17) is 4.74 Å². The summed E-state index contributed by atoms with van der Waals surface area (Å²) in [6.45, 7) is -0.717. The number of ether oxygens (including phenoxy) is 1. The lowest BCUT2D eigenvalue weighted by Crippen LogP contribution is -2.41. The Morgan fingerprint density at radius 2 is 2.08 bits per heavy atom. The highest BCUT2D eigenvalue weighted by Crippen LogP contribution is 2.26. The first-order chi connectivity index (χ1) is 18.4. The topological polar surface area (TPSA) is 137 Å². The molecule has 10 nitrogen and oxygen atoms in total. The van der Waals surface area contributed by atoms with Gasteiger partial charge < -0.3 is 19.7 Å². The highest BCUT2D eigenvalue weighted by molar-refractivity contribution is 5.85. The van der Waals surface area contributed by atoms with E-state index in [2.05, 4.69) is 15.1 Å². The molecule has 2 aromatic heterocycles. The van der Waals surface area contributed by atoms with Crippen molar-refractivity contribution in [3.63, 3.8) is 0 Å². The van der Waals surface area contributed by atoms with Crippen LogP contribution in [0, 0.1) is 11.3 Å². The van der Waals surface area contributed by atoms with E-state index >= 15 is 0 Å². The zero-order valence-electron chi connectivity index (χ0n) is 20.2. The number of aliphatic hydroxyl groups is 1. The van der Waals surface area contributed by atoms with Crippen LogP contribution in [0.2, 0.25) is 0 Å². The van der Waals surface area contributed by atoms with E-state index in [1.165, 1.54) is 12.1 Å². The van der Waals surface area contributed by atoms with Gasteiger partial charge in [-0.3, -0.25) is 9.59 Å². The number of halogens is 2. The van der Waals surface area contributed by atoms with E-state index in [1.54, 1.807) is 29.2 Å². The number of hydrogen-bond acceptors (Lipinski definition) is 7. The average molecular weight is 523 g/mol. The number of H-pyrrole nitrogens is 1. The van der Waals surface area contributed by atoms with E-state index in [1.807, 2.05) is 6.07 Å². The lowest BCUT2D eigenvalue weighted by Gasteiger charge is -2.23. The number of rotatable bonds is 8. The van der Waals surface area contributed by atoms with Crippen LogP contribution in [0.3, 0.4) is 0 Å². The summed E-state index contributed by atoms with van der Waals surface area (Å²) in [5.41, 5.74) is 1.12. The lowest BCUT2D eigenvalue weighted by atomic mass is 10.1. The molecule has 0 radical (unpaired) electrons. The zero-order chi connectivity index (χ0) is 26.8. The molecule has 0 unspecified atom stereocenters. The van der Waals surface area contributed by atoms with Crippen molar-refractivity contribution in [2.75, 3.05) is 19.8 Å². The SMILES string of the molecule is N#Cc1cc2[nH]c(Cc3nn(CC(=O)N4CCC[C@H]4CO)c(=O)c4ccccc34)nc2cc1OCC(F)F. The number of hydrogen-bond donors (Lipinski definition) is 2. The molecule has 1 amide bonds. The number of alkyl halides is 2. The zero-order valence-corrected chi connectivity index (χ0v) is 20.2. The van der Waals surface area contributed by atoms with E-state index in [0.29, 0.717) is 46.3 Å². The average Bonchev–Trinajstić information content (AvgIpc) is 3.55. The molecule has 196 valence electrons. The molecule has 0 saturated carbocycles. The van der Waals surface area contributed by atoms with Gasteiger partial charge in [0, 0.05) is 18.0 Å². The van der Waals surface area contributed by atoms with E-state index in [0.717, 1.165) is 11.1 Å². The second kappa shape index (κ2) is 10.5. The number of likely N-dealkylation sites (tertiary alicyclic amines) is 1. The van der Waals surface area contributed by atoms with Crippen LogP contribution in [0.25, 0.3) is 21.8 Å². The number of aliphatic hydroxyl groups excluding tert-OH is 1. The first kappa shape index (κ1) is 25.3. The number of benzene rings is 2. The number of imidazole rings is 1. The third kappa shape index (κ3) is 4.92.